The molecule has 5 heteroatoms. The third-order valence-corrected chi connectivity index (χ3v) is 6.41. The number of para-hydroxylation sites is 3. The van der Waals surface area contributed by atoms with Crippen LogP contribution in [0, 0.1) is 6.92 Å². The second-order valence-corrected chi connectivity index (χ2v) is 8.66. The standard InChI is InChI=1S/C28H29N3O2/c1-3-21-10-4-6-13-25(21)31-19-22(18-27(31)32)28-29-24-12-5-7-14-26(24)30(28)15-16-33-23-11-8-9-20(2)17-23/h4-14,17,22H,3,15-16,18-19H2,1-2H3/t22-/m0/s1. The van der Waals surface area contributed by atoms with Crippen molar-refractivity contribution in [1.82, 2.24) is 9.55 Å². The van der Waals surface area contributed by atoms with Crippen molar-refractivity contribution in [3.05, 3.63) is 89.7 Å². The van der Waals surface area contributed by atoms with Gasteiger partial charge in [-0.3, -0.25) is 4.79 Å². The van der Waals surface area contributed by atoms with Gasteiger partial charge in [0.05, 0.1) is 17.6 Å². The summed E-state index contributed by atoms with van der Waals surface area (Å²) in [7, 11) is 0. The molecule has 2 heterocycles. The lowest BCUT2D eigenvalue weighted by Gasteiger charge is -2.20. The van der Waals surface area contributed by atoms with Crippen molar-refractivity contribution in [2.24, 2.45) is 0 Å². The molecule has 1 aliphatic heterocycles. The quantitative estimate of drug-likeness (QED) is 0.382. The first kappa shape index (κ1) is 21.3. The number of anilines is 1. The fraction of sp³-hybridized carbons (Fsp3) is 0.286. The highest BCUT2D eigenvalue weighted by atomic mass is 16.5. The van der Waals surface area contributed by atoms with Crippen LogP contribution in [-0.4, -0.2) is 28.6 Å². The first-order valence-corrected chi connectivity index (χ1v) is 11.7. The molecule has 4 aromatic rings. The van der Waals surface area contributed by atoms with Crippen molar-refractivity contribution in [3.8, 4) is 5.75 Å². The minimum atomic E-state index is 0.0498. The number of ether oxygens (including phenoxy) is 1. The van der Waals surface area contributed by atoms with Crippen LogP contribution in [0.2, 0.25) is 0 Å². The van der Waals surface area contributed by atoms with Gasteiger partial charge in [0.25, 0.3) is 0 Å². The number of hydrogen-bond donors (Lipinski definition) is 0. The second-order valence-electron chi connectivity index (χ2n) is 8.66. The molecule has 33 heavy (non-hydrogen) atoms. The number of rotatable bonds is 7. The Bertz CT molecular complexity index is 1290. The number of fused-ring (bicyclic) bond motifs is 1. The zero-order chi connectivity index (χ0) is 22.8. The maximum absolute atomic E-state index is 13.0. The van der Waals surface area contributed by atoms with E-state index in [-0.39, 0.29) is 11.8 Å². The Hall–Kier alpha value is -3.60. The van der Waals surface area contributed by atoms with Crippen molar-refractivity contribution in [2.75, 3.05) is 18.1 Å². The summed E-state index contributed by atoms with van der Waals surface area (Å²) in [5.41, 5.74) is 5.45. The molecule has 1 amide bonds. The number of imidazole rings is 1. The zero-order valence-electron chi connectivity index (χ0n) is 19.2. The van der Waals surface area contributed by atoms with Gasteiger partial charge in [0.1, 0.15) is 18.2 Å². The molecule has 1 saturated heterocycles. The van der Waals surface area contributed by atoms with Crippen LogP contribution in [0.4, 0.5) is 5.69 Å². The molecule has 168 valence electrons. The summed E-state index contributed by atoms with van der Waals surface area (Å²) >= 11 is 0. The van der Waals surface area contributed by atoms with Crippen LogP contribution in [0.1, 0.15) is 36.2 Å². The molecule has 0 radical (unpaired) electrons. The van der Waals surface area contributed by atoms with Gasteiger partial charge in [-0.05, 0) is 54.8 Å². The van der Waals surface area contributed by atoms with E-state index in [1.54, 1.807) is 0 Å². The normalized spacial score (nSPS) is 16.0. The molecule has 0 bridgehead atoms. The van der Waals surface area contributed by atoms with E-state index in [2.05, 4.69) is 42.7 Å². The van der Waals surface area contributed by atoms with Gasteiger partial charge in [0.15, 0.2) is 0 Å². The SMILES string of the molecule is CCc1ccccc1N1C[C@@H](c2nc3ccccc3n2CCOc2cccc(C)c2)CC1=O. The molecule has 5 rings (SSSR count). The van der Waals surface area contributed by atoms with Crippen LogP contribution in [0.5, 0.6) is 5.75 Å². The minimum absolute atomic E-state index is 0.0498. The first-order chi connectivity index (χ1) is 16.1. The topological polar surface area (TPSA) is 47.4 Å². The van der Waals surface area contributed by atoms with Gasteiger partial charge in [-0.1, -0.05) is 49.4 Å². The van der Waals surface area contributed by atoms with E-state index in [4.69, 9.17) is 9.72 Å². The molecule has 1 fully saturated rings. The maximum atomic E-state index is 13.0. The first-order valence-electron chi connectivity index (χ1n) is 11.7. The Kier molecular flexibility index (Phi) is 5.86. The van der Waals surface area contributed by atoms with E-state index in [0.29, 0.717) is 26.1 Å². The number of hydrogen-bond acceptors (Lipinski definition) is 3. The van der Waals surface area contributed by atoms with Crippen LogP contribution in [0.25, 0.3) is 11.0 Å². The van der Waals surface area contributed by atoms with E-state index >= 15 is 0 Å². The highest BCUT2D eigenvalue weighted by Gasteiger charge is 2.35. The number of amides is 1. The molecule has 1 aliphatic rings. The summed E-state index contributed by atoms with van der Waals surface area (Å²) in [4.78, 5) is 20.0. The average Bonchev–Trinajstić information content (AvgIpc) is 3.39. The van der Waals surface area contributed by atoms with E-state index in [9.17, 15) is 4.79 Å². The van der Waals surface area contributed by atoms with Gasteiger partial charge in [-0.2, -0.15) is 0 Å². The van der Waals surface area contributed by atoms with Gasteiger partial charge < -0.3 is 14.2 Å². The third-order valence-electron chi connectivity index (χ3n) is 6.41. The maximum Gasteiger partial charge on any atom is 0.227 e. The lowest BCUT2D eigenvalue weighted by molar-refractivity contribution is -0.117. The number of carbonyl (C=O) groups is 1. The monoisotopic (exact) mass is 439 g/mol. The van der Waals surface area contributed by atoms with Gasteiger partial charge in [0, 0.05) is 24.6 Å². The molecular weight excluding hydrogens is 410 g/mol. The molecule has 5 nitrogen and oxygen atoms in total. The molecule has 3 aromatic carbocycles. The molecule has 1 atom stereocenters. The predicted octanol–water partition coefficient (Wildman–Crippen LogP) is 5.51. The second kappa shape index (κ2) is 9.10. The summed E-state index contributed by atoms with van der Waals surface area (Å²) in [6, 6.07) is 24.5. The van der Waals surface area contributed by atoms with Crippen molar-refractivity contribution >= 4 is 22.6 Å². The Balaban J connectivity index is 1.41. The molecule has 0 saturated carbocycles. The zero-order valence-corrected chi connectivity index (χ0v) is 19.2. The average molecular weight is 440 g/mol. The Labute approximate surface area is 194 Å². The largest absolute Gasteiger partial charge is 0.492 e. The van der Waals surface area contributed by atoms with E-state index < -0.39 is 0 Å². The Morgan fingerprint density at radius 3 is 2.70 bits per heavy atom. The molecule has 0 aliphatic carbocycles. The molecule has 1 aromatic heterocycles. The highest BCUT2D eigenvalue weighted by molar-refractivity contribution is 5.97. The van der Waals surface area contributed by atoms with Crippen LogP contribution >= 0.6 is 0 Å². The van der Waals surface area contributed by atoms with Gasteiger partial charge >= 0.3 is 0 Å². The van der Waals surface area contributed by atoms with Crippen LogP contribution in [0.15, 0.2) is 72.8 Å². The Morgan fingerprint density at radius 2 is 1.85 bits per heavy atom. The Morgan fingerprint density at radius 1 is 1.03 bits per heavy atom. The minimum Gasteiger partial charge on any atom is -0.492 e. The molecule has 0 N–H and O–H groups in total. The van der Waals surface area contributed by atoms with E-state index in [1.807, 2.05) is 53.4 Å². The smallest absolute Gasteiger partial charge is 0.227 e. The molecule has 0 unspecified atom stereocenters. The summed E-state index contributed by atoms with van der Waals surface area (Å²) < 4.78 is 8.28. The number of aryl methyl sites for hydroxylation is 2. The summed E-state index contributed by atoms with van der Waals surface area (Å²) in [6.45, 7) is 6.07. The fourth-order valence-electron chi connectivity index (χ4n) is 4.79. The number of benzene rings is 3. The summed E-state index contributed by atoms with van der Waals surface area (Å²) in [5, 5.41) is 0. The van der Waals surface area contributed by atoms with Crippen LogP contribution in [-0.2, 0) is 17.8 Å². The van der Waals surface area contributed by atoms with Crippen molar-refractivity contribution in [1.29, 1.82) is 0 Å². The third kappa shape index (κ3) is 4.23. The number of aromatic nitrogens is 2. The van der Waals surface area contributed by atoms with Gasteiger partial charge in [-0.25, -0.2) is 4.98 Å². The van der Waals surface area contributed by atoms with Gasteiger partial charge in [-0.15, -0.1) is 0 Å². The van der Waals surface area contributed by atoms with Gasteiger partial charge in [0.2, 0.25) is 5.91 Å². The lowest BCUT2D eigenvalue weighted by Crippen LogP contribution is -2.25. The van der Waals surface area contributed by atoms with Crippen molar-refractivity contribution in [3.63, 3.8) is 0 Å². The lowest BCUT2D eigenvalue weighted by atomic mass is 10.1. The number of carbonyl (C=O) groups excluding carboxylic acids is 1. The highest BCUT2D eigenvalue weighted by Crippen LogP contribution is 2.34. The van der Waals surface area contributed by atoms with Crippen LogP contribution in [0.3, 0.4) is 0 Å². The summed E-state index contributed by atoms with van der Waals surface area (Å²) in [6.07, 6.45) is 1.37. The molecule has 0 spiro atoms. The van der Waals surface area contributed by atoms with Crippen LogP contribution < -0.4 is 9.64 Å². The van der Waals surface area contributed by atoms with E-state index in [0.717, 1.165) is 34.7 Å². The number of nitrogens with zero attached hydrogens (tertiary/aromatic N) is 3. The van der Waals surface area contributed by atoms with Crippen molar-refractivity contribution in [2.45, 2.75) is 39.2 Å². The molecular formula is C28H29N3O2. The summed E-state index contributed by atoms with van der Waals surface area (Å²) in [5.74, 6) is 2.05. The predicted molar refractivity (Wildman–Crippen MR) is 132 cm³/mol. The van der Waals surface area contributed by atoms with E-state index in [1.165, 1.54) is 11.1 Å². The van der Waals surface area contributed by atoms with Crippen molar-refractivity contribution < 1.29 is 9.53 Å². The fourth-order valence-corrected chi connectivity index (χ4v) is 4.79.